The first-order valence-electron chi connectivity index (χ1n) is 7.97. The van der Waals surface area contributed by atoms with Crippen molar-refractivity contribution in [3.63, 3.8) is 0 Å². The summed E-state index contributed by atoms with van der Waals surface area (Å²) in [7, 11) is 0. The summed E-state index contributed by atoms with van der Waals surface area (Å²) >= 11 is 0. The number of carbonyl (C=O) groups is 1. The fourth-order valence-corrected chi connectivity index (χ4v) is 3.15. The molecule has 0 saturated carbocycles. The van der Waals surface area contributed by atoms with Gasteiger partial charge in [0.1, 0.15) is 11.5 Å². The zero-order valence-electron chi connectivity index (χ0n) is 14.2. The van der Waals surface area contributed by atoms with Gasteiger partial charge >= 0.3 is 5.97 Å². The lowest BCUT2D eigenvalue weighted by molar-refractivity contribution is -0.131. The van der Waals surface area contributed by atoms with Crippen LogP contribution in [-0.2, 0) is 4.79 Å². The summed E-state index contributed by atoms with van der Waals surface area (Å²) in [5.41, 5.74) is 3.51. The zero-order chi connectivity index (χ0) is 17.0. The predicted octanol–water partition coefficient (Wildman–Crippen LogP) is 5.07. The highest BCUT2D eigenvalue weighted by Gasteiger charge is 2.22. The van der Waals surface area contributed by atoms with E-state index in [1.807, 2.05) is 36.4 Å². The molecular weight excluding hydrogens is 288 g/mol. The highest BCUT2D eigenvalue weighted by molar-refractivity contribution is 5.70. The maximum atomic E-state index is 11.3. The van der Waals surface area contributed by atoms with E-state index >= 15 is 0 Å². The highest BCUT2D eigenvalue weighted by Crippen LogP contribution is 2.38. The summed E-state index contributed by atoms with van der Waals surface area (Å²) < 4.78 is 5.37. The van der Waals surface area contributed by atoms with E-state index in [9.17, 15) is 9.90 Å². The number of benzene rings is 1. The van der Waals surface area contributed by atoms with Gasteiger partial charge in [0, 0.05) is 18.4 Å². The van der Waals surface area contributed by atoms with Gasteiger partial charge in [-0.15, -0.1) is 0 Å². The van der Waals surface area contributed by atoms with Gasteiger partial charge in [0.2, 0.25) is 0 Å². The topological polar surface area (TPSA) is 46.5 Å². The molecule has 0 aliphatic heterocycles. The number of aliphatic hydroxyl groups is 1. The third-order valence-electron chi connectivity index (χ3n) is 4.08. The molecular formula is C20H24O3. The SMILES string of the molecule is CC(=O)Oc1ccccc1C(C)C(=C1C=CC(O)=CC1)C(C)C. The summed E-state index contributed by atoms with van der Waals surface area (Å²) in [6.45, 7) is 7.88. The Kier molecular flexibility index (Phi) is 5.43. The third-order valence-corrected chi connectivity index (χ3v) is 4.08. The second-order valence-corrected chi connectivity index (χ2v) is 6.15. The Morgan fingerprint density at radius 1 is 1.17 bits per heavy atom. The van der Waals surface area contributed by atoms with Crippen LogP contribution >= 0.6 is 0 Å². The standard InChI is InChI=1S/C20H24O3/c1-13(2)20(16-9-11-17(22)12-10-16)14(3)18-7-5-6-8-19(18)23-15(4)21/h5-9,11-14,22H,10H2,1-4H3. The minimum atomic E-state index is -0.311. The maximum Gasteiger partial charge on any atom is 0.308 e. The molecule has 0 amide bonds. The van der Waals surface area contributed by atoms with Gasteiger partial charge in [0.25, 0.3) is 0 Å². The van der Waals surface area contributed by atoms with Gasteiger partial charge in [0.05, 0.1) is 0 Å². The maximum absolute atomic E-state index is 11.3. The van der Waals surface area contributed by atoms with Gasteiger partial charge in [-0.25, -0.2) is 0 Å². The molecule has 0 saturated heterocycles. The lowest BCUT2D eigenvalue weighted by Gasteiger charge is -2.25. The molecule has 0 aromatic heterocycles. The average molecular weight is 312 g/mol. The van der Waals surface area contributed by atoms with Crippen LogP contribution < -0.4 is 4.74 Å². The fourth-order valence-electron chi connectivity index (χ4n) is 3.15. The summed E-state index contributed by atoms with van der Waals surface area (Å²) in [5, 5.41) is 9.54. The number of para-hydroxylation sites is 1. The molecule has 1 aliphatic rings. The largest absolute Gasteiger partial charge is 0.508 e. The molecule has 0 radical (unpaired) electrons. The Labute approximate surface area is 138 Å². The van der Waals surface area contributed by atoms with Crippen molar-refractivity contribution in [2.45, 2.75) is 40.0 Å². The highest BCUT2D eigenvalue weighted by atomic mass is 16.5. The molecule has 3 heteroatoms. The van der Waals surface area contributed by atoms with Gasteiger partial charge < -0.3 is 9.84 Å². The Hall–Kier alpha value is -2.29. The van der Waals surface area contributed by atoms with Gasteiger partial charge in [0.15, 0.2) is 0 Å². The van der Waals surface area contributed by atoms with Crippen LogP contribution in [0, 0.1) is 5.92 Å². The minimum absolute atomic E-state index is 0.124. The van der Waals surface area contributed by atoms with E-state index in [-0.39, 0.29) is 11.9 Å². The van der Waals surface area contributed by atoms with Gasteiger partial charge in [-0.2, -0.15) is 0 Å². The van der Waals surface area contributed by atoms with Crippen molar-refractivity contribution < 1.29 is 14.6 Å². The zero-order valence-corrected chi connectivity index (χ0v) is 14.2. The molecule has 1 aromatic rings. The van der Waals surface area contributed by atoms with Gasteiger partial charge in [-0.05, 0) is 36.1 Å². The molecule has 1 unspecified atom stereocenters. The smallest absolute Gasteiger partial charge is 0.308 e. The van der Waals surface area contributed by atoms with Crippen LogP contribution in [0.5, 0.6) is 5.75 Å². The molecule has 1 atom stereocenters. The monoisotopic (exact) mass is 312 g/mol. The quantitative estimate of drug-likeness (QED) is 0.623. The molecule has 122 valence electrons. The summed E-state index contributed by atoms with van der Waals surface area (Å²) in [4.78, 5) is 11.3. The summed E-state index contributed by atoms with van der Waals surface area (Å²) in [5.74, 6) is 1.09. The number of rotatable bonds is 4. The lowest BCUT2D eigenvalue weighted by atomic mass is 9.81. The molecule has 0 heterocycles. The van der Waals surface area contributed by atoms with Gasteiger partial charge in [-0.3, -0.25) is 4.79 Å². The average Bonchev–Trinajstić information content (AvgIpc) is 2.49. The van der Waals surface area contributed by atoms with E-state index < -0.39 is 0 Å². The molecule has 0 fully saturated rings. The number of carbonyl (C=O) groups excluding carboxylic acids is 1. The lowest BCUT2D eigenvalue weighted by Crippen LogP contribution is -2.11. The number of hydrogen-bond acceptors (Lipinski definition) is 3. The van der Waals surface area contributed by atoms with Crippen LogP contribution in [0.4, 0.5) is 0 Å². The Morgan fingerprint density at radius 2 is 1.87 bits per heavy atom. The van der Waals surface area contributed by atoms with Crippen LogP contribution in [0.3, 0.4) is 0 Å². The summed E-state index contributed by atoms with van der Waals surface area (Å²) in [6.07, 6.45) is 6.25. The Morgan fingerprint density at radius 3 is 2.43 bits per heavy atom. The predicted molar refractivity (Wildman–Crippen MR) is 92.5 cm³/mol. The molecule has 2 rings (SSSR count). The molecule has 3 nitrogen and oxygen atoms in total. The normalized spacial score (nSPS) is 17.7. The molecule has 1 N–H and O–H groups in total. The van der Waals surface area contributed by atoms with Crippen molar-refractivity contribution in [1.82, 2.24) is 0 Å². The number of esters is 1. The van der Waals surface area contributed by atoms with E-state index in [0.717, 1.165) is 12.0 Å². The minimum Gasteiger partial charge on any atom is -0.508 e. The van der Waals surface area contributed by atoms with Crippen molar-refractivity contribution in [3.05, 3.63) is 65.0 Å². The fraction of sp³-hybridized carbons (Fsp3) is 0.350. The van der Waals surface area contributed by atoms with Crippen molar-refractivity contribution >= 4 is 5.97 Å². The van der Waals surface area contributed by atoms with Crippen LogP contribution in [-0.4, -0.2) is 11.1 Å². The molecule has 1 aliphatic carbocycles. The second kappa shape index (κ2) is 7.32. The van der Waals surface area contributed by atoms with E-state index in [1.54, 1.807) is 6.08 Å². The third kappa shape index (κ3) is 4.13. The second-order valence-electron chi connectivity index (χ2n) is 6.15. The first kappa shape index (κ1) is 17.1. The van der Waals surface area contributed by atoms with E-state index in [0.29, 0.717) is 17.4 Å². The number of ether oxygens (including phenoxy) is 1. The van der Waals surface area contributed by atoms with Crippen LogP contribution in [0.1, 0.15) is 45.6 Å². The van der Waals surface area contributed by atoms with Crippen LogP contribution in [0.15, 0.2) is 59.4 Å². The molecule has 0 spiro atoms. The van der Waals surface area contributed by atoms with Crippen molar-refractivity contribution in [2.75, 3.05) is 0 Å². The Balaban J connectivity index is 2.44. The molecule has 1 aromatic carbocycles. The number of allylic oxidation sites excluding steroid dienone is 5. The van der Waals surface area contributed by atoms with E-state index in [4.69, 9.17) is 4.74 Å². The van der Waals surface area contributed by atoms with Crippen molar-refractivity contribution in [1.29, 1.82) is 0 Å². The summed E-state index contributed by atoms with van der Waals surface area (Å²) in [6, 6.07) is 7.67. The first-order chi connectivity index (χ1) is 10.9. The number of aliphatic hydroxyl groups excluding tert-OH is 1. The number of hydrogen-bond donors (Lipinski definition) is 1. The van der Waals surface area contributed by atoms with Gasteiger partial charge in [-0.1, -0.05) is 50.6 Å². The molecule has 23 heavy (non-hydrogen) atoms. The molecule has 0 bridgehead atoms. The first-order valence-corrected chi connectivity index (χ1v) is 7.97. The van der Waals surface area contributed by atoms with E-state index in [1.165, 1.54) is 18.1 Å². The van der Waals surface area contributed by atoms with E-state index in [2.05, 4.69) is 20.8 Å². The van der Waals surface area contributed by atoms with Crippen LogP contribution in [0.25, 0.3) is 0 Å². The van der Waals surface area contributed by atoms with Crippen molar-refractivity contribution in [3.8, 4) is 5.75 Å². The van der Waals surface area contributed by atoms with Crippen molar-refractivity contribution in [2.24, 2.45) is 5.92 Å². The van der Waals surface area contributed by atoms with Crippen LogP contribution in [0.2, 0.25) is 0 Å². The Bertz CT molecular complexity index is 678.